The van der Waals surface area contributed by atoms with Crippen LogP contribution in [0.5, 0.6) is 0 Å². The van der Waals surface area contributed by atoms with Crippen LogP contribution in [0.3, 0.4) is 0 Å². The number of hydrogen-bond donors (Lipinski definition) is 0. The third kappa shape index (κ3) is 10.5. The van der Waals surface area contributed by atoms with E-state index in [0.717, 1.165) is 77.4 Å². The van der Waals surface area contributed by atoms with Crippen molar-refractivity contribution in [2.75, 3.05) is 26.4 Å². The van der Waals surface area contributed by atoms with Crippen molar-refractivity contribution >= 4 is 0 Å². The molecule has 0 aliphatic heterocycles. The number of aromatic nitrogens is 1. The number of fused-ring (bicyclic) bond motifs is 1. The van der Waals surface area contributed by atoms with E-state index in [1.54, 1.807) is 0 Å². The highest BCUT2D eigenvalue weighted by Crippen LogP contribution is 2.48. The number of halogens is 5. The van der Waals surface area contributed by atoms with Crippen molar-refractivity contribution in [1.29, 1.82) is 0 Å². The van der Waals surface area contributed by atoms with E-state index in [9.17, 15) is 4.39 Å². The molecule has 0 spiro atoms. The molecular formula is C35H50F5NO2. The zero-order valence-electron chi connectivity index (χ0n) is 26.1. The first kappa shape index (κ1) is 35.4. The van der Waals surface area contributed by atoms with Gasteiger partial charge in [0.25, 0.3) is 5.92 Å². The lowest BCUT2D eigenvalue weighted by Crippen LogP contribution is -2.33. The molecule has 1 aromatic heterocycles. The highest BCUT2D eigenvalue weighted by Gasteiger charge is 2.47. The van der Waals surface area contributed by atoms with E-state index in [2.05, 4.69) is 18.8 Å². The predicted molar refractivity (Wildman–Crippen MR) is 162 cm³/mol. The number of ether oxygens (including phenoxy) is 2. The van der Waals surface area contributed by atoms with Gasteiger partial charge in [-0.05, 0) is 81.0 Å². The molecule has 0 fully saturated rings. The number of rotatable bonds is 21. The lowest BCUT2D eigenvalue weighted by Gasteiger charge is -2.33. The van der Waals surface area contributed by atoms with Crippen molar-refractivity contribution < 1.29 is 31.4 Å². The third-order valence-corrected chi connectivity index (χ3v) is 8.46. The Labute approximate surface area is 255 Å². The molecule has 0 saturated carbocycles. The molecule has 1 aliphatic rings. The number of nitrogens with zero attached hydrogens (tertiary/aromatic N) is 1. The summed E-state index contributed by atoms with van der Waals surface area (Å²) >= 11 is 0. The van der Waals surface area contributed by atoms with Crippen molar-refractivity contribution in [3.63, 3.8) is 0 Å². The Morgan fingerprint density at radius 2 is 1.37 bits per heavy atom. The SMILES string of the molecule is CCCCCOCCCCCc1ccc(-c2cc3c(c(F)n2)C(F)(F)C(CCCCCOCCCCC)CC3)c(F)c1F. The molecule has 242 valence electrons. The summed E-state index contributed by atoms with van der Waals surface area (Å²) in [6.07, 6.45) is 12.3. The van der Waals surface area contributed by atoms with Crippen LogP contribution in [0.25, 0.3) is 11.3 Å². The molecule has 0 N–H and O–H groups in total. The molecule has 1 aromatic carbocycles. The number of pyridine rings is 1. The lowest BCUT2D eigenvalue weighted by atomic mass is 9.78. The average molecular weight is 612 g/mol. The number of hydrogen-bond acceptors (Lipinski definition) is 3. The topological polar surface area (TPSA) is 31.4 Å². The van der Waals surface area contributed by atoms with E-state index in [1.807, 2.05) is 0 Å². The van der Waals surface area contributed by atoms with Gasteiger partial charge < -0.3 is 9.47 Å². The summed E-state index contributed by atoms with van der Waals surface area (Å²) in [5, 5.41) is 0. The Hall–Kier alpha value is -2.06. The van der Waals surface area contributed by atoms with E-state index < -0.39 is 35.0 Å². The summed E-state index contributed by atoms with van der Waals surface area (Å²) in [7, 11) is 0. The molecule has 8 heteroatoms. The van der Waals surface area contributed by atoms with Gasteiger partial charge in [0, 0.05) is 37.9 Å². The number of aryl methyl sites for hydroxylation is 2. The molecule has 1 unspecified atom stereocenters. The summed E-state index contributed by atoms with van der Waals surface area (Å²) in [5.41, 5.74) is -0.719. The lowest BCUT2D eigenvalue weighted by molar-refractivity contribution is -0.0825. The zero-order valence-corrected chi connectivity index (χ0v) is 26.1. The Kier molecular flexibility index (Phi) is 15.4. The Morgan fingerprint density at radius 3 is 2.00 bits per heavy atom. The van der Waals surface area contributed by atoms with Gasteiger partial charge in [-0.15, -0.1) is 0 Å². The highest BCUT2D eigenvalue weighted by molar-refractivity contribution is 5.62. The number of benzene rings is 1. The van der Waals surface area contributed by atoms with Gasteiger partial charge in [0.15, 0.2) is 11.6 Å². The monoisotopic (exact) mass is 611 g/mol. The smallest absolute Gasteiger partial charge is 0.280 e. The molecule has 1 atom stereocenters. The summed E-state index contributed by atoms with van der Waals surface area (Å²) in [4.78, 5) is 3.71. The molecule has 0 bridgehead atoms. The van der Waals surface area contributed by atoms with Gasteiger partial charge >= 0.3 is 0 Å². The summed E-state index contributed by atoms with van der Waals surface area (Å²) in [6, 6.07) is 4.15. The van der Waals surface area contributed by atoms with Crippen LogP contribution in [-0.4, -0.2) is 31.4 Å². The summed E-state index contributed by atoms with van der Waals surface area (Å²) in [5.74, 6) is -7.77. The molecular weight excluding hydrogens is 561 g/mol. The van der Waals surface area contributed by atoms with Gasteiger partial charge in [-0.3, -0.25) is 0 Å². The van der Waals surface area contributed by atoms with E-state index in [0.29, 0.717) is 32.5 Å². The van der Waals surface area contributed by atoms with E-state index in [-0.39, 0.29) is 41.6 Å². The maximum Gasteiger partial charge on any atom is 0.280 e. The van der Waals surface area contributed by atoms with Crippen LogP contribution in [0, 0.1) is 23.5 Å². The molecule has 0 radical (unpaired) electrons. The van der Waals surface area contributed by atoms with E-state index in [1.165, 1.54) is 18.2 Å². The molecule has 43 heavy (non-hydrogen) atoms. The van der Waals surface area contributed by atoms with Crippen LogP contribution in [0.1, 0.15) is 120 Å². The minimum atomic E-state index is -3.37. The third-order valence-electron chi connectivity index (χ3n) is 8.46. The second-order valence-corrected chi connectivity index (χ2v) is 11.9. The Morgan fingerprint density at radius 1 is 0.767 bits per heavy atom. The van der Waals surface area contributed by atoms with E-state index >= 15 is 17.6 Å². The highest BCUT2D eigenvalue weighted by atomic mass is 19.3. The summed E-state index contributed by atoms with van der Waals surface area (Å²) < 4.78 is 87.2. The average Bonchev–Trinajstić information content (AvgIpc) is 2.98. The maximum atomic E-state index is 15.4. The second-order valence-electron chi connectivity index (χ2n) is 11.9. The molecule has 1 aliphatic carbocycles. The van der Waals surface area contributed by atoms with Gasteiger partial charge in [-0.2, -0.15) is 4.39 Å². The molecule has 3 nitrogen and oxygen atoms in total. The standard InChI is InChI=1S/C35H50F5NO2/c1-3-5-11-21-42-23-13-7-9-15-26-18-20-29(33(37)32(26)36)30-25-27-17-19-28(35(39,40)31(27)34(38)41-30)16-10-8-14-24-43-22-12-6-4-2/h18,20,25,28H,3-17,19,21-24H2,1-2H3. The van der Waals surface area contributed by atoms with Gasteiger partial charge in [0.2, 0.25) is 5.95 Å². The van der Waals surface area contributed by atoms with Crippen molar-refractivity contribution in [2.45, 2.75) is 123 Å². The predicted octanol–water partition coefficient (Wildman–Crippen LogP) is 10.5. The first-order valence-electron chi connectivity index (χ1n) is 16.5. The minimum Gasteiger partial charge on any atom is -0.381 e. The summed E-state index contributed by atoms with van der Waals surface area (Å²) in [6.45, 7) is 7.04. The molecule has 1 heterocycles. The van der Waals surface area contributed by atoms with E-state index in [4.69, 9.17) is 9.47 Å². The quantitative estimate of drug-likeness (QED) is 0.0800. The largest absolute Gasteiger partial charge is 0.381 e. The van der Waals surface area contributed by atoms with Gasteiger partial charge in [0.05, 0.1) is 11.3 Å². The normalized spacial score (nSPS) is 16.0. The van der Waals surface area contributed by atoms with Crippen LogP contribution in [-0.2, 0) is 28.2 Å². The fraction of sp³-hybridized carbons (Fsp3) is 0.686. The van der Waals surface area contributed by atoms with Crippen LogP contribution >= 0.6 is 0 Å². The van der Waals surface area contributed by atoms with Crippen LogP contribution < -0.4 is 0 Å². The van der Waals surface area contributed by atoms with Crippen LogP contribution in [0.15, 0.2) is 18.2 Å². The first-order chi connectivity index (χ1) is 20.8. The van der Waals surface area contributed by atoms with Crippen LogP contribution in [0.2, 0.25) is 0 Å². The maximum absolute atomic E-state index is 15.4. The Balaban J connectivity index is 1.54. The molecule has 0 saturated heterocycles. The number of alkyl halides is 2. The van der Waals surface area contributed by atoms with Crippen LogP contribution in [0.4, 0.5) is 22.0 Å². The van der Waals surface area contributed by atoms with Gasteiger partial charge in [-0.1, -0.05) is 64.9 Å². The fourth-order valence-corrected chi connectivity index (χ4v) is 5.85. The van der Waals surface area contributed by atoms with Crippen molar-refractivity contribution in [2.24, 2.45) is 5.92 Å². The van der Waals surface area contributed by atoms with Gasteiger partial charge in [-0.25, -0.2) is 22.5 Å². The fourth-order valence-electron chi connectivity index (χ4n) is 5.85. The van der Waals surface area contributed by atoms with Crippen molar-refractivity contribution in [3.05, 3.63) is 52.5 Å². The second kappa shape index (κ2) is 18.7. The van der Waals surface area contributed by atoms with Crippen molar-refractivity contribution in [1.82, 2.24) is 4.98 Å². The minimum absolute atomic E-state index is 0.116. The molecule has 0 amide bonds. The van der Waals surface area contributed by atoms with Crippen molar-refractivity contribution in [3.8, 4) is 11.3 Å². The first-order valence-corrected chi connectivity index (χ1v) is 16.5. The Bertz CT molecular complexity index is 1110. The molecule has 3 rings (SSSR count). The zero-order chi connectivity index (χ0) is 31.1. The van der Waals surface area contributed by atoms with Gasteiger partial charge in [0.1, 0.15) is 0 Å². The number of unbranched alkanes of at least 4 members (excludes halogenated alkanes) is 8. The molecule has 2 aromatic rings.